The van der Waals surface area contributed by atoms with Gasteiger partial charge in [0.2, 0.25) is 5.91 Å². The Morgan fingerprint density at radius 1 is 1.00 bits per heavy atom. The average molecular weight is 434 g/mol. The van der Waals surface area contributed by atoms with Crippen molar-refractivity contribution in [1.29, 1.82) is 0 Å². The molecule has 8 nitrogen and oxygen atoms in total. The smallest absolute Gasteiger partial charge is 0.322 e. The van der Waals surface area contributed by atoms with Gasteiger partial charge in [0.1, 0.15) is 0 Å². The number of carbonyl (C=O) groups excluding carboxylic acids is 3. The molecule has 0 bridgehead atoms. The van der Waals surface area contributed by atoms with Gasteiger partial charge in [0, 0.05) is 43.6 Å². The van der Waals surface area contributed by atoms with Crippen molar-refractivity contribution in [3.05, 3.63) is 59.2 Å². The Balaban J connectivity index is 1.09. The predicted octanol–water partition coefficient (Wildman–Crippen LogP) is 2.95. The van der Waals surface area contributed by atoms with E-state index in [1.807, 2.05) is 52.3 Å². The lowest BCUT2D eigenvalue weighted by Crippen LogP contribution is -2.52. The van der Waals surface area contributed by atoms with Crippen LogP contribution in [0.3, 0.4) is 0 Å². The number of amides is 5. The number of hydrogen-bond acceptors (Lipinski definition) is 3. The zero-order valence-electron chi connectivity index (χ0n) is 17.9. The lowest BCUT2D eigenvalue weighted by molar-refractivity contribution is -0.115. The van der Waals surface area contributed by atoms with Crippen molar-refractivity contribution < 1.29 is 14.4 Å². The van der Waals surface area contributed by atoms with Gasteiger partial charge in [-0.1, -0.05) is 30.3 Å². The second kappa shape index (κ2) is 8.53. The van der Waals surface area contributed by atoms with Crippen LogP contribution in [-0.2, 0) is 24.2 Å². The summed E-state index contributed by atoms with van der Waals surface area (Å²) in [6.07, 6.45) is 2.69. The quantitative estimate of drug-likeness (QED) is 0.692. The molecule has 0 spiro atoms. The number of benzene rings is 2. The van der Waals surface area contributed by atoms with Gasteiger partial charge < -0.3 is 25.8 Å². The number of rotatable bonds is 4. The Labute approximate surface area is 187 Å². The fourth-order valence-corrected chi connectivity index (χ4v) is 4.76. The molecule has 8 heteroatoms. The molecule has 0 unspecified atom stereocenters. The zero-order valence-corrected chi connectivity index (χ0v) is 17.9. The van der Waals surface area contributed by atoms with Crippen LogP contribution in [-0.4, -0.2) is 53.4 Å². The Kier molecular flexibility index (Phi) is 5.43. The maximum Gasteiger partial charge on any atom is 0.322 e. The monoisotopic (exact) mass is 433 g/mol. The molecule has 166 valence electrons. The van der Waals surface area contributed by atoms with Crippen molar-refractivity contribution in [2.45, 2.75) is 38.3 Å². The van der Waals surface area contributed by atoms with Crippen molar-refractivity contribution in [1.82, 2.24) is 15.1 Å². The number of anilines is 2. The number of para-hydroxylation sites is 1. The molecule has 2 aromatic rings. The van der Waals surface area contributed by atoms with Crippen LogP contribution in [0.2, 0.25) is 0 Å². The third kappa shape index (κ3) is 4.12. The lowest BCUT2D eigenvalue weighted by atomic mass is 10.0. The average Bonchev–Trinajstić information content (AvgIpc) is 3.18. The summed E-state index contributed by atoms with van der Waals surface area (Å²) in [6, 6.07) is 13.8. The lowest BCUT2D eigenvalue weighted by Gasteiger charge is -2.40. The molecule has 0 radical (unpaired) electrons. The van der Waals surface area contributed by atoms with Crippen molar-refractivity contribution in [2.24, 2.45) is 0 Å². The molecule has 3 aliphatic heterocycles. The van der Waals surface area contributed by atoms with E-state index in [0.717, 1.165) is 47.3 Å². The minimum Gasteiger partial charge on any atom is -0.338 e. The first kappa shape index (κ1) is 20.4. The van der Waals surface area contributed by atoms with E-state index in [4.69, 9.17) is 0 Å². The summed E-state index contributed by atoms with van der Waals surface area (Å²) in [5.74, 6) is 0.0279. The van der Waals surface area contributed by atoms with Crippen molar-refractivity contribution >= 4 is 29.3 Å². The number of hydrogen-bond donors (Lipinski definition) is 3. The highest BCUT2D eigenvalue weighted by molar-refractivity contribution is 5.99. The first-order valence-electron chi connectivity index (χ1n) is 11.2. The summed E-state index contributed by atoms with van der Waals surface area (Å²) in [7, 11) is 0. The second-order valence-electron chi connectivity index (χ2n) is 8.63. The molecule has 5 rings (SSSR count). The van der Waals surface area contributed by atoms with E-state index >= 15 is 0 Å². The molecule has 2 aromatic carbocycles. The fourth-order valence-electron chi connectivity index (χ4n) is 4.76. The maximum atomic E-state index is 12.6. The predicted molar refractivity (Wildman–Crippen MR) is 121 cm³/mol. The number of nitrogens with zero attached hydrogens (tertiary/aromatic N) is 2. The molecule has 1 fully saturated rings. The SMILES string of the molecule is O=C1Cc2cc(CCNC(=O)N3CCC(N4Cc5ccccc5NC4=O)CC3)ccc2N1. The van der Waals surface area contributed by atoms with Crippen LogP contribution in [0.15, 0.2) is 42.5 Å². The molecule has 3 heterocycles. The van der Waals surface area contributed by atoms with E-state index < -0.39 is 0 Å². The van der Waals surface area contributed by atoms with Gasteiger partial charge in [-0.2, -0.15) is 0 Å². The largest absolute Gasteiger partial charge is 0.338 e. The van der Waals surface area contributed by atoms with Gasteiger partial charge in [-0.25, -0.2) is 9.59 Å². The highest BCUT2D eigenvalue weighted by atomic mass is 16.2. The molecular weight excluding hydrogens is 406 g/mol. The normalized spacial score (nSPS) is 18.0. The van der Waals surface area contributed by atoms with E-state index in [1.54, 1.807) is 0 Å². The highest BCUT2D eigenvalue weighted by Crippen LogP contribution is 2.27. The van der Waals surface area contributed by atoms with Crippen LogP contribution in [0.5, 0.6) is 0 Å². The Morgan fingerprint density at radius 3 is 2.62 bits per heavy atom. The van der Waals surface area contributed by atoms with Gasteiger partial charge in [0.05, 0.1) is 6.42 Å². The van der Waals surface area contributed by atoms with Gasteiger partial charge >= 0.3 is 12.1 Å². The van der Waals surface area contributed by atoms with Crippen molar-refractivity contribution in [3.8, 4) is 0 Å². The summed E-state index contributed by atoms with van der Waals surface area (Å²) in [4.78, 5) is 40.3. The van der Waals surface area contributed by atoms with Gasteiger partial charge in [-0.3, -0.25) is 4.79 Å². The van der Waals surface area contributed by atoms with E-state index in [-0.39, 0.29) is 24.0 Å². The van der Waals surface area contributed by atoms with Crippen LogP contribution < -0.4 is 16.0 Å². The van der Waals surface area contributed by atoms with Crippen LogP contribution in [0.4, 0.5) is 21.0 Å². The number of urea groups is 2. The Morgan fingerprint density at radius 2 is 1.78 bits per heavy atom. The van der Waals surface area contributed by atoms with Crippen molar-refractivity contribution in [3.63, 3.8) is 0 Å². The molecule has 0 atom stereocenters. The summed E-state index contributed by atoms with van der Waals surface area (Å²) in [6.45, 7) is 2.42. The summed E-state index contributed by atoms with van der Waals surface area (Å²) >= 11 is 0. The third-order valence-electron chi connectivity index (χ3n) is 6.54. The summed E-state index contributed by atoms with van der Waals surface area (Å²) in [5.41, 5.74) is 5.02. The minimum atomic E-state index is -0.0603. The maximum absolute atomic E-state index is 12.6. The minimum absolute atomic E-state index is 0.0279. The number of likely N-dealkylation sites (tertiary alicyclic amines) is 1. The van der Waals surface area contributed by atoms with E-state index in [2.05, 4.69) is 16.0 Å². The molecule has 3 N–H and O–H groups in total. The van der Waals surface area contributed by atoms with Crippen LogP contribution in [0.25, 0.3) is 0 Å². The molecule has 1 saturated heterocycles. The Bertz CT molecular complexity index is 1060. The number of piperidine rings is 1. The van der Waals surface area contributed by atoms with Gasteiger partial charge in [0.25, 0.3) is 0 Å². The molecule has 32 heavy (non-hydrogen) atoms. The molecule has 0 saturated carbocycles. The fraction of sp³-hybridized carbons (Fsp3) is 0.375. The van der Waals surface area contributed by atoms with Crippen LogP contribution in [0, 0.1) is 0 Å². The molecule has 5 amide bonds. The standard InChI is InChI=1S/C24H27N5O3/c30-22-14-18-13-16(5-6-21(18)26-22)7-10-25-23(31)28-11-8-19(9-12-28)29-15-17-3-1-2-4-20(17)27-24(29)32/h1-6,13,19H,7-12,14-15H2,(H,25,31)(H,26,30)(H,27,32). The zero-order chi connectivity index (χ0) is 22.1. The van der Waals surface area contributed by atoms with Crippen LogP contribution >= 0.6 is 0 Å². The molecule has 0 aromatic heterocycles. The number of nitrogens with one attached hydrogen (secondary N) is 3. The first-order chi connectivity index (χ1) is 15.6. The molecule has 3 aliphatic rings. The van der Waals surface area contributed by atoms with E-state index in [9.17, 15) is 14.4 Å². The number of carbonyl (C=O) groups is 3. The van der Waals surface area contributed by atoms with Crippen molar-refractivity contribution in [2.75, 3.05) is 30.3 Å². The Hall–Kier alpha value is -3.55. The molecular formula is C24H27N5O3. The number of fused-ring (bicyclic) bond motifs is 2. The second-order valence-corrected chi connectivity index (χ2v) is 8.63. The van der Waals surface area contributed by atoms with Gasteiger partial charge in [-0.05, 0) is 48.1 Å². The van der Waals surface area contributed by atoms with E-state index in [0.29, 0.717) is 32.6 Å². The summed E-state index contributed by atoms with van der Waals surface area (Å²) in [5, 5.41) is 8.81. The van der Waals surface area contributed by atoms with Gasteiger partial charge in [-0.15, -0.1) is 0 Å². The van der Waals surface area contributed by atoms with E-state index in [1.165, 1.54) is 0 Å². The molecule has 0 aliphatic carbocycles. The highest BCUT2D eigenvalue weighted by Gasteiger charge is 2.32. The van der Waals surface area contributed by atoms with Gasteiger partial charge in [0.15, 0.2) is 0 Å². The first-order valence-corrected chi connectivity index (χ1v) is 11.2. The van der Waals surface area contributed by atoms with Crippen LogP contribution in [0.1, 0.15) is 29.5 Å². The third-order valence-corrected chi connectivity index (χ3v) is 6.54. The summed E-state index contributed by atoms with van der Waals surface area (Å²) < 4.78 is 0. The topological polar surface area (TPSA) is 93.8 Å².